The van der Waals surface area contributed by atoms with Gasteiger partial charge in [0, 0.05) is 19.5 Å². The van der Waals surface area contributed by atoms with E-state index in [4.69, 9.17) is 5.73 Å². The highest BCUT2D eigenvalue weighted by Gasteiger charge is 2.29. The van der Waals surface area contributed by atoms with Crippen LogP contribution in [0.2, 0.25) is 0 Å². The highest BCUT2D eigenvalue weighted by Crippen LogP contribution is 2.30. The number of nitrogens with zero attached hydrogens (tertiary/aromatic N) is 1. The second-order valence-electron chi connectivity index (χ2n) is 6.89. The van der Waals surface area contributed by atoms with Crippen molar-refractivity contribution >= 4 is 5.91 Å². The van der Waals surface area contributed by atoms with E-state index in [9.17, 15) is 4.79 Å². The summed E-state index contributed by atoms with van der Waals surface area (Å²) in [5.41, 5.74) is 5.88. The standard InChI is InChI=1S/C17H32N2O/c1-19(16-10-6-5-9-15(16)13-18)17(20)12-11-14-7-3-2-4-8-14/h14-16H,2-13,18H2,1H3. The fourth-order valence-electron chi connectivity index (χ4n) is 4.14. The molecule has 0 spiro atoms. The lowest BCUT2D eigenvalue weighted by atomic mass is 9.83. The highest BCUT2D eigenvalue weighted by atomic mass is 16.2. The molecule has 0 bridgehead atoms. The molecule has 20 heavy (non-hydrogen) atoms. The molecule has 2 saturated carbocycles. The Morgan fingerprint density at radius 2 is 1.70 bits per heavy atom. The van der Waals surface area contributed by atoms with E-state index in [0.29, 0.717) is 17.9 Å². The fraction of sp³-hybridized carbons (Fsp3) is 0.941. The zero-order valence-corrected chi connectivity index (χ0v) is 13.2. The van der Waals surface area contributed by atoms with Gasteiger partial charge in [-0.3, -0.25) is 4.79 Å². The maximum Gasteiger partial charge on any atom is 0.222 e. The number of hydrogen-bond acceptors (Lipinski definition) is 2. The molecular weight excluding hydrogens is 248 g/mol. The lowest BCUT2D eigenvalue weighted by Crippen LogP contribution is -2.45. The maximum absolute atomic E-state index is 12.4. The number of rotatable bonds is 5. The van der Waals surface area contributed by atoms with Crippen molar-refractivity contribution in [2.24, 2.45) is 17.6 Å². The van der Waals surface area contributed by atoms with Gasteiger partial charge in [0.2, 0.25) is 5.91 Å². The first-order valence-electron chi connectivity index (χ1n) is 8.68. The number of hydrogen-bond donors (Lipinski definition) is 1. The highest BCUT2D eigenvalue weighted by molar-refractivity contribution is 5.76. The summed E-state index contributed by atoms with van der Waals surface area (Å²) < 4.78 is 0. The average molecular weight is 280 g/mol. The van der Waals surface area contributed by atoms with Gasteiger partial charge in [-0.1, -0.05) is 44.9 Å². The van der Waals surface area contributed by atoms with Crippen molar-refractivity contribution < 1.29 is 4.79 Å². The van der Waals surface area contributed by atoms with Gasteiger partial charge in [0.25, 0.3) is 0 Å². The van der Waals surface area contributed by atoms with Crippen LogP contribution in [0.3, 0.4) is 0 Å². The maximum atomic E-state index is 12.4. The molecule has 0 aromatic heterocycles. The molecule has 2 atom stereocenters. The second-order valence-corrected chi connectivity index (χ2v) is 6.89. The molecule has 3 nitrogen and oxygen atoms in total. The summed E-state index contributed by atoms with van der Waals surface area (Å²) in [6.07, 6.45) is 13.5. The van der Waals surface area contributed by atoms with E-state index in [0.717, 1.165) is 31.7 Å². The van der Waals surface area contributed by atoms with Crippen LogP contribution in [0.1, 0.15) is 70.6 Å². The first-order chi connectivity index (χ1) is 9.72. The van der Waals surface area contributed by atoms with Crippen LogP contribution in [0.15, 0.2) is 0 Å². The van der Waals surface area contributed by atoms with Crippen LogP contribution >= 0.6 is 0 Å². The van der Waals surface area contributed by atoms with Crippen LogP contribution in [0.25, 0.3) is 0 Å². The third kappa shape index (κ3) is 4.21. The monoisotopic (exact) mass is 280 g/mol. The Hall–Kier alpha value is -0.570. The van der Waals surface area contributed by atoms with Crippen LogP contribution in [-0.2, 0) is 4.79 Å². The summed E-state index contributed by atoms with van der Waals surface area (Å²) in [5, 5.41) is 0. The lowest BCUT2D eigenvalue weighted by Gasteiger charge is -2.37. The average Bonchev–Trinajstić information content (AvgIpc) is 2.52. The van der Waals surface area contributed by atoms with Crippen molar-refractivity contribution in [3.05, 3.63) is 0 Å². The number of carbonyl (C=O) groups is 1. The predicted octanol–water partition coefficient (Wildman–Crippen LogP) is 3.32. The van der Waals surface area contributed by atoms with E-state index in [1.807, 2.05) is 11.9 Å². The molecule has 2 unspecified atom stereocenters. The van der Waals surface area contributed by atoms with Crippen molar-refractivity contribution in [2.45, 2.75) is 76.7 Å². The summed E-state index contributed by atoms with van der Waals surface area (Å²) in [6, 6.07) is 0.396. The smallest absolute Gasteiger partial charge is 0.222 e. The number of amides is 1. The quantitative estimate of drug-likeness (QED) is 0.839. The summed E-state index contributed by atoms with van der Waals surface area (Å²) in [5.74, 6) is 1.67. The number of carbonyl (C=O) groups excluding carboxylic acids is 1. The molecule has 2 rings (SSSR count). The Kier molecular flexibility index (Phi) is 6.34. The molecule has 2 aliphatic carbocycles. The third-order valence-corrected chi connectivity index (χ3v) is 5.55. The molecule has 116 valence electrons. The number of nitrogens with two attached hydrogens (primary N) is 1. The third-order valence-electron chi connectivity index (χ3n) is 5.55. The van der Waals surface area contributed by atoms with E-state index in [-0.39, 0.29) is 0 Å². The Bertz CT molecular complexity index is 299. The Labute approximate surface area is 124 Å². The van der Waals surface area contributed by atoms with Gasteiger partial charge in [-0.15, -0.1) is 0 Å². The molecule has 3 heteroatoms. The van der Waals surface area contributed by atoms with E-state index in [1.54, 1.807) is 0 Å². The van der Waals surface area contributed by atoms with E-state index in [1.165, 1.54) is 51.4 Å². The van der Waals surface area contributed by atoms with Gasteiger partial charge in [-0.2, -0.15) is 0 Å². The molecule has 0 radical (unpaired) electrons. The van der Waals surface area contributed by atoms with Crippen molar-refractivity contribution in [2.75, 3.05) is 13.6 Å². The topological polar surface area (TPSA) is 46.3 Å². The first-order valence-corrected chi connectivity index (χ1v) is 8.68. The molecule has 1 amide bonds. The minimum absolute atomic E-state index is 0.348. The fourth-order valence-corrected chi connectivity index (χ4v) is 4.14. The van der Waals surface area contributed by atoms with Crippen molar-refractivity contribution in [3.8, 4) is 0 Å². The van der Waals surface area contributed by atoms with Gasteiger partial charge in [0.1, 0.15) is 0 Å². The summed E-state index contributed by atoms with van der Waals surface area (Å²) >= 11 is 0. The van der Waals surface area contributed by atoms with Crippen molar-refractivity contribution in [3.63, 3.8) is 0 Å². The van der Waals surface area contributed by atoms with Gasteiger partial charge < -0.3 is 10.6 Å². The van der Waals surface area contributed by atoms with Crippen LogP contribution in [0.4, 0.5) is 0 Å². The van der Waals surface area contributed by atoms with E-state index >= 15 is 0 Å². The zero-order valence-electron chi connectivity index (χ0n) is 13.2. The first kappa shape index (κ1) is 15.8. The van der Waals surface area contributed by atoms with Gasteiger partial charge >= 0.3 is 0 Å². The normalized spacial score (nSPS) is 28.3. The minimum Gasteiger partial charge on any atom is -0.342 e. The van der Waals surface area contributed by atoms with E-state index < -0.39 is 0 Å². The Morgan fingerprint density at radius 1 is 1.05 bits per heavy atom. The molecular formula is C17H32N2O. The summed E-state index contributed by atoms with van der Waals surface area (Å²) in [7, 11) is 2.00. The largest absolute Gasteiger partial charge is 0.342 e. The van der Waals surface area contributed by atoms with Gasteiger partial charge in [-0.05, 0) is 37.6 Å². The molecule has 0 aliphatic heterocycles. The van der Waals surface area contributed by atoms with Crippen molar-refractivity contribution in [1.29, 1.82) is 0 Å². The van der Waals surface area contributed by atoms with Gasteiger partial charge in [0.15, 0.2) is 0 Å². The van der Waals surface area contributed by atoms with Gasteiger partial charge in [-0.25, -0.2) is 0 Å². The molecule has 2 aliphatic rings. The van der Waals surface area contributed by atoms with Crippen LogP contribution in [0, 0.1) is 11.8 Å². The van der Waals surface area contributed by atoms with Crippen LogP contribution in [0.5, 0.6) is 0 Å². The van der Waals surface area contributed by atoms with Crippen molar-refractivity contribution in [1.82, 2.24) is 4.90 Å². The molecule has 2 N–H and O–H groups in total. The Balaban J connectivity index is 1.78. The molecule has 0 aromatic carbocycles. The Morgan fingerprint density at radius 3 is 2.40 bits per heavy atom. The second kappa shape index (κ2) is 8.02. The van der Waals surface area contributed by atoms with Crippen LogP contribution < -0.4 is 5.73 Å². The zero-order chi connectivity index (χ0) is 14.4. The lowest BCUT2D eigenvalue weighted by molar-refractivity contribution is -0.134. The van der Waals surface area contributed by atoms with E-state index in [2.05, 4.69) is 0 Å². The molecule has 0 heterocycles. The van der Waals surface area contributed by atoms with Crippen LogP contribution in [-0.4, -0.2) is 30.4 Å². The summed E-state index contributed by atoms with van der Waals surface area (Å²) in [6.45, 7) is 0.727. The molecule has 0 aromatic rings. The molecule has 0 saturated heterocycles. The SMILES string of the molecule is CN(C(=O)CCC1CCCCC1)C1CCCCC1CN. The van der Waals surface area contributed by atoms with Gasteiger partial charge in [0.05, 0.1) is 0 Å². The minimum atomic E-state index is 0.348. The predicted molar refractivity (Wildman–Crippen MR) is 83.4 cm³/mol. The summed E-state index contributed by atoms with van der Waals surface area (Å²) in [4.78, 5) is 14.5. The molecule has 2 fully saturated rings.